The molecule has 0 bridgehead atoms. The highest BCUT2D eigenvalue weighted by molar-refractivity contribution is 5.79. The highest BCUT2D eigenvalue weighted by Gasteiger charge is 2.22. The van der Waals surface area contributed by atoms with Crippen LogP contribution in [0.4, 0.5) is 5.82 Å². The molecule has 0 unspecified atom stereocenters. The van der Waals surface area contributed by atoms with Crippen molar-refractivity contribution in [2.45, 2.75) is 13.3 Å². The quantitative estimate of drug-likeness (QED) is 0.705. The van der Waals surface area contributed by atoms with Gasteiger partial charge >= 0.3 is 0 Å². The minimum Gasteiger partial charge on any atom is -0.352 e. The van der Waals surface area contributed by atoms with Gasteiger partial charge in [-0.3, -0.25) is 4.79 Å². The first kappa shape index (κ1) is 18.2. The van der Waals surface area contributed by atoms with Crippen molar-refractivity contribution in [3.63, 3.8) is 0 Å². The molecule has 0 radical (unpaired) electrons. The maximum Gasteiger partial charge on any atom is 0.227 e. The number of rotatable bonds is 4. The first-order chi connectivity index (χ1) is 13.7. The van der Waals surface area contributed by atoms with Crippen LogP contribution in [-0.4, -0.2) is 47.2 Å². The lowest BCUT2D eigenvalue weighted by atomic mass is 10.1. The Morgan fingerprint density at radius 3 is 2.25 bits per heavy atom. The van der Waals surface area contributed by atoms with Crippen LogP contribution in [0.15, 0.2) is 66.7 Å². The molecule has 1 amide bonds. The average Bonchev–Trinajstić information content (AvgIpc) is 2.75. The predicted octanol–water partition coefficient (Wildman–Crippen LogP) is 3.34. The number of aryl methyl sites for hydroxylation is 1. The summed E-state index contributed by atoms with van der Waals surface area (Å²) in [6.45, 7) is 5.06. The molecule has 0 N–H and O–H groups in total. The van der Waals surface area contributed by atoms with Crippen molar-refractivity contribution in [2.75, 3.05) is 31.1 Å². The van der Waals surface area contributed by atoms with Crippen molar-refractivity contribution >= 4 is 11.7 Å². The molecule has 1 aliphatic rings. The molecule has 2 heterocycles. The molecular formula is C23H24N4O. The molecule has 142 valence electrons. The SMILES string of the molecule is Cc1ccccc1-c1ccc(N2CCN(C(=O)Cc3ccccc3)CC2)nn1. The third-order valence-corrected chi connectivity index (χ3v) is 5.23. The van der Waals surface area contributed by atoms with Crippen LogP contribution >= 0.6 is 0 Å². The molecule has 5 heteroatoms. The highest BCUT2D eigenvalue weighted by Crippen LogP contribution is 2.22. The van der Waals surface area contributed by atoms with Gasteiger partial charge < -0.3 is 9.80 Å². The molecule has 5 nitrogen and oxygen atoms in total. The van der Waals surface area contributed by atoms with E-state index in [-0.39, 0.29) is 5.91 Å². The smallest absolute Gasteiger partial charge is 0.227 e. The van der Waals surface area contributed by atoms with Gasteiger partial charge in [0.05, 0.1) is 12.1 Å². The van der Waals surface area contributed by atoms with Crippen LogP contribution < -0.4 is 4.90 Å². The molecule has 4 rings (SSSR count). The Bertz CT molecular complexity index is 932. The monoisotopic (exact) mass is 372 g/mol. The molecule has 0 atom stereocenters. The highest BCUT2D eigenvalue weighted by atomic mass is 16.2. The number of nitrogens with zero attached hydrogens (tertiary/aromatic N) is 4. The fourth-order valence-electron chi connectivity index (χ4n) is 3.57. The van der Waals surface area contributed by atoms with Crippen molar-refractivity contribution in [3.8, 4) is 11.3 Å². The normalized spacial score (nSPS) is 14.2. The largest absolute Gasteiger partial charge is 0.352 e. The van der Waals surface area contributed by atoms with Gasteiger partial charge in [-0.25, -0.2) is 0 Å². The van der Waals surface area contributed by atoms with E-state index in [2.05, 4.69) is 34.2 Å². The molecule has 1 saturated heterocycles. The van der Waals surface area contributed by atoms with Crippen molar-refractivity contribution < 1.29 is 4.79 Å². The zero-order valence-electron chi connectivity index (χ0n) is 16.1. The molecule has 1 aliphatic heterocycles. The number of aromatic nitrogens is 2. The lowest BCUT2D eigenvalue weighted by Crippen LogP contribution is -2.49. The molecule has 0 aliphatic carbocycles. The van der Waals surface area contributed by atoms with E-state index in [4.69, 9.17) is 0 Å². The fraction of sp³-hybridized carbons (Fsp3) is 0.261. The van der Waals surface area contributed by atoms with E-state index in [1.165, 1.54) is 5.56 Å². The summed E-state index contributed by atoms with van der Waals surface area (Å²) in [6.07, 6.45) is 0.464. The van der Waals surface area contributed by atoms with Crippen molar-refractivity contribution in [2.24, 2.45) is 0 Å². The summed E-state index contributed by atoms with van der Waals surface area (Å²) < 4.78 is 0. The van der Waals surface area contributed by atoms with Crippen LogP contribution in [0.5, 0.6) is 0 Å². The van der Waals surface area contributed by atoms with Gasteiger partial charge in [0.1, 0.15) is 0 Å². The third kappa shape index (κ3) is 4.03. The van der Waals surface area contributed by atoms with Crippen molar-refractivity contribution in [1.82, 2.24) is 15.1 Å². The Kier molecular flexibility index (Phi) is 5.33. The van der Waals surface area contributed by atoms with Gasteiger partial charge in [0.15, 0.2) is 5.82 Å². The number of carbonyl (C=O) groups is 1. The van der Waals surface area contributed by atoms with Crippen molar-refractivity contribution in [3.05, 3.63) is 77.9 Å². The second-order valence-corrected chi connectivity index (χ2v) is 7.12. The Labute approximate surface area is 165 Å². The first-order valence-corrected chi connectivity index (χ1v) is 9.67. The Balaban J connectivity index is 1.36. The van der Waals surface area contributed by atoms with Gasteiger partial charge in [0.25, 0.3) is 0 Å². The van der Waals surface area contributed by atoms with Crippen LogP contribution in [0.3, 0.4) is 0 Å². The summed E-state index contributed by atoms with van der Waals surface area (Å²) >= 11 is 0. The van der Waals surface area contributed by atoms with Gasteiger partial charge in [-0.1, -0.05) is 54.6 Å². The van der Waals surface area contributed by atoms with Crippen LogP contribution in [0.2, 0.25) is 0 Å². The van der Waals surface area contributed by atoms with Crippen LogP contribution in [-0.2, 0) is 11.2 Å². The topological polar surface area (TPSA) is 49.3 Å². The summed E-state index contributed by atoms with van der Waals surface area (Å²) in [6, 6.07) is 22.2. The molecule has 0 spiro atoms. The van der Waals surface area contributed by atoms with E-state index in [1.54, 1.807) is 0 Å². The van der Waals surface area contributed by atoms with Crippen LogP contribution in [0.1, 0.15) is 11.1 Å². The zero-order valence-corrected chi connectivity index (χ0v) is 16.1. The van der Waals surface area contributed by atoms with Gasteiger partial charge in [-0.05, 0) is 30.2 Å². The average molecular weight is 372 g/mol. The number of hydrogen-bond acceptors (Lipinski definition) is 4. The zero-order chi connectivity index (χ0) is 19.3. The number of benzene rings is 2. The molecule has 28 heavy (non-hydrogen) atoms. The van der Waals surface area contributed by atoms with Crippen molar-refractivity contribution in [1.29, 1.82) is 0 Å². The maximum absolute atomic E-state index is 12.5. The van der Waals surface area contributed by atoms with E-state index < -0.39 is 0 Å². The Hall–Kier alpha value is -3.21. The van der Waals surface area contributed by atoms with Gasteiger partial charge in [0.2, 0.25) is 5.91 Å². The van der Waals surface area contributed by atoms with Crippen LogP contribution in [0.25, 0.3) is 11.3 Å². The second kappa shape index (κ2) is 8.21. The third-order valence-electron chi connectivity index (χ3n) is 5.23. The van der Waals surface area contributed by atoms with Gasteiger partial charge in [-0.15, -0.1) is 10.2 Å². The molecular weight excluding hydrogens is 348 g/mol. The second-order valence-electron chi connectivity index (χ2n) is 7.12. The molecule has 1 fully saturated rings. The first-order valence-electron chi connectivity index (χ1n) is 9.67. The number of anilines is 1. The van der Waals surface area contributed by atoms with E-state index in [9.17, 15) is 4.79 Å². The fourth-order valence-corrected chi connectivity index (χ4v) is 3.57. The molecule has 1 aromatic heterocycles. The summed E-state index contributed by atoms with van der Waals surface area (Å²) in [5.74, 6) is 1.05. The Morgan fingerprint density at radius 2 is 1.57 bits per heavy atom. The van der Waals surface area contributed by atoms with Crippen LogP contribution in [0, 0.1) is 6.92 Å². The standard InChI is InChI=1S/C23H24N4O/c1-18-7-5-6-10-20(18)21-11-12-22(25-24-21)26-13-15-27(16-14-26)23(28)17-19-8-3-2-4-9-19/h2-12H,13-17H2,1H3. The minimum absolute atomic E-state index is 0.187. The minimum atomic E-state index is 0.187. The maximum atomic E-state index is 12.5. The number of piperazine rings is 1. The summed E-state index contributed by atoms with van der Waals surface area (Å²) in [4.78, 5) is 16.7. The van der Waals surface area contributed by atoms with Gasteiger partial charge in [-0.2, -0.15) is 0 Å². The summed E-state index contributed by atoms with van der Waals surface area (Å²) in [5, 5.41) is 8.85. The lowest BCUT2D eigenvalue weighted by Gasteiger charge is -2.35. The van der Waals surface area contributed by atoms with E-state index in [0.717, 1.165) is 35.7 Å². The van der Waals surface area contributed by atoms with E-state index in [0.29, 0.717) is 19.5 Å². The summed E-state index contributed by atoms with van der Waals surface area (Å²) in [7, 11) is 0. The molecule has 0 saturated carbocycles. The van der Waals surface area contributed by atoms with Gasteiger partial charge in [0, 0.05) is 31.7 Å². The number of hydrogen-bond donors (Lipinski definition) is 0. The molecule has 2 aromatic carbocycles. The molecule has 3 aromatic rings. The predicted molar refractivity (Wildman–Crippen MR) is 111 cm³/mol. The number of amides is 1. The number of carbonyl (C=O) groups excluding carboxylic acids is 1. The van der Waals surface area contributed by atoms with E-state index in [1.807, 2.05) is 59.5 Å². The lowest BCUT2D eigenvalue weighted by molar-refractivity contribution is -0.130. The summed E-state index contributed by atoms with van der Waals surface area (Å²) in [5.41, 5.74) is 4.25. The Morgan fingerprint density at radius 1 is 0.857 bits per heavy atom. The van der Waals surface area contributed by atoms with E-state index >= 15 is 0 Å².